The molecule has 1 atom stereocenters. The molecule has 0 saturated carbocycles. The Morgan fingerprint density at radius 3 is 2.31 bits per heavy atom. The first kappa shape index (κ1) is 30.5. The molecule has 0 amide bonds. The summed E-state index contributed by atoms with van der Waals surface area (Å²) in [6.45, 7) is 3.86. The molecular weight excluding hydrogens is 440 g/mol. The summed E-state index contributed by atoms with van der Waals surface area (Å²) in [6.07, 6.45) is 21.2. The van der Waals surface area contributed by atoms with Crippen molar-refractivity contribution in [1.29, 1.82) is 0 Å². The number of methoxy groups -OCH3 is 2. The number of esters is 1. The van der Waals surface area contributed by atoms with E-state index in [0.29, 0.717) is 17.9 Å². The number of ketones is 1. The highest BCUT2D eigenvalue weighted by Gasteiger charge is 2.11. The van der Waals surface area contributed by atoms with Crippen molar-refractivity contribution >= 4 is 17.8 Å². The van der Waals surface area contributed by atoms with Crippen LogP contribution in [0.4, 0.5) is 0 Å². The van der Waals surface area contributed by atoms with Crippen LogP contribution < -0.4 is 9.47 Å². The van der Waals surface area contributed by atoms with Crippen molar-refractivity contribution in [3.8, 4) is 11.5 Å². The van der Waals surface area contributed by atoms with Gasteiger partial charge in [-0.15, -0.1) is 0 Å². The quantitative estimate of drug-likeness (QED) is 0.0812. The number of Topliss-reactive ketones (excluding diaryl/α,β-unsaturated/α-hetero) is 1. The fourth-order valence-electron chi connectivity index (χ4n) is 3.88. The maximum Gasteiger partial charge on any atom is 0.331 e. The Kier molecular flexibility index (Phi) is 17.2. The zero-order valence-electron chi connectivity index (χ0n) is 22.4. The van der Waals surface area contributed by atoms with Gasteiger partial charge >= 0.3 is 5.97 Å². The standard InChI is InChI=1S/C30H46O5/c1-5-6-7-15-18-27(19-16-13-11-9-8-10-12-14-17-25(2)31)35-30(32)23-21-26-20-22-28(33-3)29(24-26)34-4/h13,16,20-24,27H,5-12,14-15,17-19H2,1-4H3/b16-13-,23-21+. The van der Waals surface area contributed by atoms with E-state index in [0.717, 1.165) is 50.5 Å². The van der Waals surface area contributed by atoms with E-state index in [1.165, 1.54) is 38.2 Å². The number of hydrogen-bond donors (Lipinski definition) is 0. The van der Waals surface area contributed by atoms with Gasteiger partial charge in [0.1, 0.15) is 11.9 Å². The minimum absolute atomic E-state index is 0.0998. The lowest BCUT2D eigenvalue weighted by Gasteiger charge is -2.15. The number of carbonyl (C=O) groups excluding carboxylic acids is 2. The third-order valence-corrected chi connectivity index (χ3v) is 5.95. The van der Waals surface area contributed by atoms with E-state index < -0.39 is 0 Å². The maximum absolute atomic E-state index is 12.5. The van der Waals surface area contributed by atoms with Gasteiger partial charge in [0.2, 0.25) is 0 Å². The number of hydrogen-bond acceptors (Lipinski definition) is 5. The third-order valence-electron chi connectivity index (χ3n) is 5.95. The van der Waals surface area contributed by atoms with Gasteiger partial charge in [-0.3, -0.25) is 0 Å². The number of ether oxygens (including phenoxy) is 3. The van der Waals surface area contributed by atoms with Crippen LogP contribution in [0, 0.1) is 0 Å². The lowest BCUT2D eigenvalue weighted by molar-refractivity contribution is -0.143. The Morgan fingerprint density at radius 2 is 1.60 bits per heavy atom. The highest BCUT2D eigenvalue weighted by atomic mass is 16.5. The zero-order valence-corrected chi connectivity index (χ0v) is 22.4. The van der Waals surface area contributed by atoms with E-state index in [4.69, 9.17) is 14.2 Å². The monoisotopic (exact) mass is 486 g/mol. The molecule has 1 unspecified atom stereocenters. The average Bonchev–Trinajstić information content (AvgIpc) is 2.85. The maximum atomic E-state index is 12.5. The smallest absolute Gasteiger partial charge is 0.331 e. The second-order valence-electron chi connectivity index (χ2n) is 9.07. The molecule has 0 fully saturated rings. The number of unbranched alkanes of at least 4 members (excludes halogenated alkanes) is 8. The summed E-state index contributed by atoms with van der Waals surface area (Å²) in [7, 11) is 3.19. The molecule has 0 saturated heterocycles. The molecular formula is C30H46O5. The van der Waals surface area contributed by atoms with Gasteiger partial charge in [0.25, 0.3) is 0 Å². The van der Waals surface area contributed by atoms with Crippen molar-refractivity contribution in [3.05, 3.63) is 42.0 Å². The second kappa shape index (κ2) is 19.7. The van der Waals surface area contributed by atoms with Crippen LogP contribution in [0.1, 0.15) is 103 Å². The first-order valence-electron chi connectivity index (χ1n) is 13.2. The highest BCUT2D eigenvalue weighted by molar-refractivity contribution is 5.87. The molecule has 0 spiro atoms. The summed E-state index contributed by atoms with van der Waals surface area (Å²) in [5.41, 5.74) is 0.847. The van der Waals surface area contributed by atoms with E-state index in [2.05, 4.69) is 19.1 Å². The summed E-state index contributed by atoms with van der Waals surface area (Å²) in [6, 6.07) is 5.52. The molecule has 0 aromatic heterocycles. The van der Waals surface area contributed by atoms with Crippen LogP contribution in [0.2, 0.25) is 0 Å². The van der Waals surface area contributed by atoms with Crippen LogP contribution in [0.15, 0.2) is 36.4 Å². The Hall–Kier alpha value is -2.56. The Balaban J connectivity index is 2.48. The Morgan fingerprint density at radius 1 is 0.886 bits per heavy atom. The molecule has 5 nitrogen and oxygen atoms in total. The number of carbonyl (C=O) groups is 2. The molecule has 0 radical (unpaired) electrons. The molecule has 0 aliphatic carbocycles. The topological polar surface area (TPSA) is 61.8 Å². The summed E-state index contributed by atoms with van der Waals surface area (Å²) < 4.78 is 16.4. The van der Waals surface area contributed by atoms with Crippen molar-refractivity contribution in [2.24, 2.45) is 0 Å². The summed E-state index contributed by atoms with van der Waals surface area (Å²) in [5.74, 6) is 1.24. The van der Waals surface area contributed by atoms with Gasteiger partial charge in [-0.2, -0.15) is 0 Å². The van der Waals surface area contributed by atoms with Crippen molar-refractivity contribution in [1.82, 2.24) is 0 Å². The minimum Gasteiger partial charge on any atom is -0.493 e. The predicted molar refractivity (Wildman–Crippen MR) is 144 cm³/mol. The third kappa shape index (κ3) is 15.1. The van der Waals surface area contributed by atoms with E-state index in [9.17, 15) is 9.59 Å². The average molecular weight is 487 g/mol. The summed E-state index contributed by atoms with van der Waals surface area (Å²) >= 11 is 0. The van der Waals surface area contributed by atoms with Gasteiger partial charge < -0.3 is 19.0 Å². The molecule has 1 aromatic rings. The van der Waals surface area contributed by atoms with Gasteiger partial charge in [-0.1, -0.05) is 63.7 Å². The number of rotatable bonds is 20. The van der Waals surface area contributed by atoms with Crippen molar-refractivity contribution in [2.75, 3.05) is 14.2 Å². The number of allylic oxidation sites excluding steroid dienone is 1. The lowest BCUT2D eigenvalue weighted by atomic mass is 10.1. The van der Waals surface area contributed by atoms with E-state index in [-0.39, 0.29) is 17.9 Å². The molecule has 1 rings (SSSR count). The van der Waals surface area contributed by atoms with Crippen molar-refractivity contribution < 1.29 is 23.8 Å². The Labute approximate surface area is 212 Å². The first-order chi connectivity index (χ1) is 17.0. The van der Waals surface area contributed by atoms with Crippen LogP contribution in [0.3, 0.4) is 0 Å². The lowest BCUT2D eigenvalue weighted by Crippen LogP contribution is -2.16. The first-order valence-corrected chi connectivity index (χ1v) is 13.2. The molecule has 196 valence electrons. The van der Waals surface area contributed by atoms with E-state index in [1.807, 2.05) is 18.2 Å². The van der Waals surface area contributed by atoms with Crippen LogP contribution in [-0.4, -0.2) is 32.1 Å². The second-order valence-corrected chi connectivity index (χ2v) is 9.07. The normalized spacial score (nSPS) is 12.2. The molecule has 5 heteroatoms. The fourth-order valence-corrected chi connectivity index (χ4v) is 3.88. The predicted octanol–water partition coefficient (Wildman–Crippen LogP) is 7.87. The molecule has 0 N–H and O–H groups in total. The van der Waals surface area contributed by atoms with E-state index >= 15 is 0 Å². The van der Waals surface area contributed by atoms with E-state index in [1.54, 1.807) is 27.2 Å². The molecule has 0 heterocycles. The van der Waals surface area contributed by atoms with Crippen LogP contribution in [0.5, 0.6) is 11.5 Å². The number of benzene rings is 1. The zero-order chi connectivity index (χ0) is 25.7. The van der Waals surface area contributed by atoms with Gasteiger partial charge in [0.15, 0.2) is 11.5 Å². The van der Waals surface area contributed by atoms with Gasteiger partial charge in [-0.25, -0.2) is 4.79 Å². The molecule has 0 bridgehead atoms. The molecule has 0 aliphatic heterocycles. The summed E-state index contributed by atoms with van der Waals surface area (Å²) in [4.78, 5) is 23.5. The largest absolute Gasteiger partial charge is 0.493 e. The van der Waals surface area contributed by atoms with Crippen LogP contribution in [-0.2, 0) is 14.3 Å². The molecule has 1 aromatic carbocycles. The van der Waals surface area contributed by atoms with Gasteiger partial charge in [-0.05, 0) is 62.8 Å². The van der Waals surface area contributed by atoms with Gasteiger partial charge in [0.05, 0.1) is 14.2 Å². The van der Waals surface area contributed by atoms with Gasteiger partial charge in [0, 0.05) is 18.9 Å². The fraction of sp³-hybridized carbons (Fsp3) is 0.600. The Bertz CT molecular complexity index is 781. The summed E-state index contributed by atoms with van der Waals surface area (Å²) in [5, 5.41) is 0. The van der Waals surface area contributed by atoms with Crippen LogP contribution in [0.25, 0.3) is 6.08 Å². The highest BCUT2D eigenvalue weighted by Crippen LogP contribution is 2.28. The van der Waals surface area contributed by atoms with Crippen LogP contribution >= 0.6 is 0 Å². The van der Waals surface area contributed by atoms with Crippen molar-refractivity contribution in [2.45, 2.75) is 103 Å². The minimum atomic E-state index is -0.320. The molecule has 0 aliphatic rings. The molecule has 35 heavy (non-hydrogen) atoms. The van der Waals surface area contributed by atoms with Crippen molar-refractivity contribution in [3.63, 3.8) is 0 Å². The SMILES string of the molecule is CCCCCCC(C/C=C\CCCCCCCC(C)=O)OC(=O)/C=C/c1ccc(OC)c(OC)c1.